The maximum atomic E-state index is 14.9. The molecule has 0 bridgehead atoms. The van der Waals surface area contributed by atoms with Crippen molar-refractivity contribution in [1.82, 2.24) is 18.9 Å². The van der Waals surface area contributed by atoms with Gasteiger partial charge in [-0.3, -0.25) is 8.77 Å². The number of pyridine rings is 1. The topological polar surface area (TPSA) is 81.9 Å². The number of anilines is 1. The minimum atomic E-state index is -0.619. The average molecular weight is 565 g/mol. The number of halogens is 3. The minimum Gasteiger partial charge on any atom is -0.469 e. The summed E-state index contributed by atoms with van der Waals surface area (Å²) in [5.74, 6) is -1.88. The number of hydrogen-bond acceptors (Lipinski definition) is 8. The van der Waals surface area contributed by atoms with Crippen molar-refractivity contribution in [3.8, 4) is 11.4 Å². The first-order chi connectivity index (χ1) is 14.3. The predicted molar refractivity (Wildman–Crippen MR) is 124 cm³/mol. The van der Waals surface area contributed by atoms with Gasteiger partial charge in [0.1, 0.15) is 10.8 Å². The number of nitrogens with zero attached hydrogens (tertiary/aromatic N) is 4. The van der Waals surface area contributed by atoms with Crippen molar-refractivity contribution in [3.05, 3.63) is 30.1 Å². The second-order valence-electron chi connectivity index (χ2n) is 6.43. The van der Waals surface area contributed by atoms with Crippen LogP contribution in [0.4, 0.5) is 14.6 Å². The van der Waals surface area contributed by atoms with Gasteiger partial charge in [0.15, 0.2) is 23.1 Å². The lowest BCUT2D eigenvalue weighted by molar-refractivity contribution is -0.145. The van der Waals surface area contributed by atoms with Crippen LogP contribution in [0.5, 0.6) is 0 Å². The first kappa shape index (κ1) is 23.0. The predicted octanol–water partition coefficient (Wildman–Crippen LogP) is 4.95. The summed E-state index contributed by atoms with van der Waals surface area (Å²) in [6.07, 6.45) is 4.57. The lowest BCUT2D eigenvalue weighted by Gasteiger charge is -2.20. The Labute approximate surface area is 192 Å². The molecule has 1 N–H and O–H groups in total. The molecule has 0 aromatic carbocycles. The highest BCUT2D eigenvalue weighted by Crippen LogP contribution is 2.35. The molecule has 3 aromatic rings. The van der Waals surface area contributed by atoms with Gasteiger partial charge in [-0.15, -0.1) is 11.8 Å². The smallest absolute Gasteiger partial charge is 0.310 e. The molecule has 12 heteroatoms. The van der Waals surface area contributed by atoms with Gasteiger partial charge in [-0.05, 0) is 26.2 Å². The van der Waals surface area contributed by atoms with Crippen LogP contribution in [0.25, 0.3) is 22.4 Å². The van der Waals surface area contributed by atoms with Gasteiger partial charge in [0.25, 0.3) is 0 Å². The van der Waals surface area contributed by atoms with Crippen molar-refractivity contribution in [3.63, 3.8) is 0 Å². The standard InChI is InChI=1S/C18H18F2IN5O2S2/c1-8(18(27)28-3)9(2)23-15-13(20)17(29-4)25-14(24-15)12-7-26(30-21)16-11(12)5-10(19)6-22-16/h5-9H,1-4H3,(H,23,24,25)/t8-,9-/m0/s1. The van der Waals surface area contributed by atoms with Gasteiger partial charge in [0, 0.05) is 53.5 Å². The molecule has 2 atom stereocenters. The van der Waals surface area contributed by atoms with Crippen LogP contribution in [-0.4, -0.2) is 44.3 Å². The van der Waals surface area contributed by atoms with Crippen LogP contribution < -0.4 is 5.32 Å². The van der Waals surface area contributed by atoms with E-state index in [-0.39, 0.29) is 16.7 Å². The molecule has 0 fully saturated rings. The van der Waals surface area contributed by atoms with Crippen LogP contribution in [0.1, 0.15) is 13.8 Å². The summed E-state index contributed by atoms with van der Waals surface area (Å²) in [6, 6.07) is 0.899. The molecule has 3 rings (SSSR count). The average Bonchev–Trinajstić information content (AvgIpc) is 3.11. The van der Waals surface area contributed by atoms with Crippen molar-refractivity contribution >= 4 is 64.9 Å². The molecule has 0 unspecified atom stereocenters. The van der Waals surface area contributed by atoms with Crippen LogP contribution in [0.15, 0.2) is 23.5 Å². The Hall–Kier alpha value is -1.67. The van der Waals surface area contributed by atoms with Gasteiger partial charge in [-0.25, -0.2) is 19.3 Å². The fraction of sp³-hybridized carbons (Fsp3) is 0.333. The van der Waals surface area contributed by atoms with E-state index in [1.807, 2.05) is 0 Å². The summed E-state index contributed by atoms with van der Waals surface area (Å²) >= 11 is 3.21. The molecule has 160 valence electrons. The van der Waals surface area contributed by atoms with Gasteiger partial charge >= 0.3 is 5.97 Å². The molecule has 0 spiro atoms. The molecule has 7 nitrogen and oxygen atoms in total. The van der Waals surface area contributed by atoms with E-state index in [1.54, 1.807) is 30.3 Å². The number of esters is 1. The third-order valence-corrected chi connectivity index (χ3v) is 6.95. The Morgan fingerprint density at radius 1 is 1.33 bits per heavy atom. The van der Waals surface area contributed by atoms with E-state index in [2.05, 4.69) is 41.5 Å². The Bertz CT molecular complexity index is 1100. The van der Waals surface area contributed by atoms with Crippen molar-refractivity contribution in [2.75, 3.05) is 18.7 Å². The SMILES string of the molecule is COC(=O)[C@@H](C)[C@H](C)Nc1nc(-c2cn(SI)c3ncc(F)cc23)nc(SC)c1F. The Kier molecular flexibility index (Phi) is 7.39. The fourth-order valence-corrected chi connectivity index (χ4v) is 4.50. The summed E-state index contributed by atoms with van der Waals surface area (Å²) in [6.45, 7) is 3.41. The van der Waals surface area contributed by atoms with E-state index < -0.39 is 29.6 Å². The van der Waals surface area contributed by atoms with Crippen LogP contribution in [0.3, 0.4) is 0 Å². The van der Waals surface area contributed by atoms with Gasteiger partial charge < -0.3 is 10.1 Å². The van der Waals surface area contributed by atoms with Crippen molar-refractivity contribution in [2.45, 2.75) is 24.9 Å². The van der Waals surface area contributed by atoms with E-state index in [4.69, 9.17) is 4.74 Å². The second kappa shape index (κ2) is 9.64. The molecule has 0 aliphatic rings. The Morgan fingerprint density at radius 2 is 2.07 bits per heavy atom. The summed E-state index contributed by atoms with van der Waals surface area (Å²) in [7, 11) is 2.66. The van der Waals surface area contributed by atoms with E-state index >= 15 is 0 Å². The van der Waals surface area contributed by atoms with Gasteiger partial charge in [-0.2, -0.15) is 4.39 Å². The molecule has 0 aliphatic heterocycles. The molecule has 0 radical (unpaired) electrons. The number of aromatic nitrogens is 4. The molecular weight excluding hydrogens is 547 g/mol. The third kappa shape index (κ3) is 4.49. The van der Waals surface area contributed by atoms with Crippen molar-refractivity contribution in [1.29, 1.82) is 0 Å². The van der Waals surface area contributed by atoms with Crippen LogP contribution in [0.2, 0.25) is 0 Å². The zero-order chi connectivity index (χ0) is 22.0. The number of nitrogens with one attached hydrogen (secondary N) is 1. The number of hydrogen-bond donors (Lipinski definition) is 1. The number of methoxy groups -OCH3 is 1. The maximum absolute atomic E-state index is 14.9. The van der Waals surface area contributed by atoms with E-state index in [0.717, 1.165) is 18.0 Å². The summed E-state index contributed by atoms with van der Waals surface area (Å²) in [4.78, 5) is 24.6. The highest BCUT2D eigenvalue weighted by molar-refractivity contribution is 14.2. The zero-order valence-corrected chi connectivity index (χ0v) is 20.2. The molecule has 3 aromatic heterocycles. The Balaban J connectivity index is 2.11. The second-order valence-corrected chi connectivity index (χ2v) is 8.93. The van der Waals surface area contributed by atoms with Crippen LogP contribution in [0, 0.1) is 17.6 Å². The zero-order valence-electron chi connectivity index (χ0n) is 16.4. The van der Waals surface area contributed by atoms with Crippen molar-refractivity contribution < 1.29 is 18.3 Å². The number of ether oxygens (including phenoxy) is 1. The largest absolute Gasteiger partial charge is 0.469 e. The highest BCUT2D eigenvalue weighted by atomic mass is 127. The fourth-order valence-electron chi connectivity index (χ4n) is 2.79. The lowest BCUT2D eigenvalue weighted by atomic mass is 10.0. The normalized spacial score (nSPS) is 13.3. The molecule has 0 saturated heterocycles. The molecule has 30 heavy (non-hydrogen) atoms. The maximum Gasteiger partial charge on any atom is 0.310 e. The van der Waals surface area contributed by atoms with E-state index in [0.29, 0.717) is 16.6 Å². The summed E-state index contributed by atoms with van der Waals surface area (Å²) in [5.41, 5.74) is 1.07. The molecule has 0 saturated carbocycles. The number of carbonyl (C=O) groups is 1. The third-order valence-electron chi connectivity index (χ3n) is 4.60. The van der Waals surface area contributed by atoms with Gasteiger partial charge in [0.05, 0.1) is 19.2 Å². The first-order valence-corrected chi connectivity index (χ1v) is 13.3. The number of fused-ring (bicyclic) bond motifs is 1. The number of carbonyl (C=O) groups excluding carboxylic acids is 1. The van der Waals surface area contributed by atoms with E-state index in [1.165, 1.54) is 22.3 Å². The molecular formula is C18H18F2IN5O2S2. The van der Waals surface area contributed by atoms with E-state index in [9.17, 15) is 13.6 Å². The summed E-state index contributed by atoms with van der Waals surface area (Å²) in [5, 5.41) is 3.59. The van der Waals surface area contributed by atoms with Gasteiger partial charge in [0.2, 0.25) is 0 Å². The summed E-state index contributed by atoms with van der Waals surface area (Å²) < 4.78 is 35.3. The monoisotopic (exact) mass is 565 g/mol. The molecule has 0 aliphatic carbocycles. The Morgan fingerprint density at radius 3 is 2.70 bits per heavy atom. The van der Waals surface area contributed by atoms with Crippen LogP contribution in [-0.2, 0) is 9.53 Å². The van der Waals surface area contributed by atoms with Crippen LogP contribution >= 0.6 is 42.1 Å². The highest BCUT2D eigenvalue weighted by Gasteiger charge is 2.25. The minimum absolute atomic E-state index is 0.0417. The number of rotatable bonds is 7. The number of thioether (sulfide) groups is 1. The lowest BCUT2D eigenvalue weighted by Crippen LogP contribution is -2.31. The van der Waals surface area contributed by atoms with Crippen molar-refractivity contribution in [2.24, 2.45) is 5.92 Å². The first-order valence-electron chi connectivity index (χ1n) is 8.72. The van der Waals surface area contributed by atoms with Gasteiger partial charge in [-0.1, -0.05) is 0 Å². The molecule has 0 amide bonds. The molecule has 3 heterocycles. The quantitative estimate of drug-likeness (QED) is 0.187.